The van der Waals surface area contributed by atoms with Crippen molar-refractivity contribution in [2.75, 3.05) is 39.8 Å². The predicted octanol–water partition coefficient (Wildman–Crippen LogP) is 3.12. The van der Waals surface area contributed by atoms with Gasteiger partial charge in [0, 0.05) is 56.0 Å². The number of ketones is 1. The molecule has 1 N–H and O–H groups in total. The molecule has 1 atom stereocenters. The smallest absolute Gasteiger partial charge is 0.220 e. The number of piperazine rings is 1. The first-order chi connectivity index (χ1) is 13.5. The van der Waals surface area contributed by atoms with Gasteiger partial charge in [-0.05, 0) is 31.0 Å². The Hall–Kier alpha value is -2.02. The van der Waals surface area contributed by atoms with Crippen LogP contribution in [0.4, 0.5) is 0 Å². The van der Waals surface area contributed by atoms with Crippen LogP contribution in [0.3, 0.4) is 0 Å². The van der Waals surface area contributed by atoms with Gasteiger partial charge in [-0.2, -0.15) is 0 Å². The van der Waals surface area contributed by atoms with Crippen LogP contribution in [0.1, 0.15) is 39.7 Å². The number of likely N-dealkylation sites (N-methyl/N-ethyl adjacent to an activating group) is 1. The highest BCUT2D eigenvalue weighted by atomic mass is 32.1. The van der Waals surface area contributed by atoms with Gasteiger partial charge in [0.1, 0.15) is 0 Å². The number of benzene rings is 1. The van der Waals surface area contributed by atoms with Crippen molar-refractivity contribution >= 4 is 23.0 Å². The molecule has 1 saturated heterocycles. The van der Waals surface area contributed by atoms with Crippen LogP contribution in [0.15, 0.2) is 41.8 Å². The Morgan fingerprint density at radius 1 is 1.07 bits per heavy atom. The van der Waals surface area contributed by atoms with Crippen molar-refractivity contribution in [1.29, 1.82) is 0 Å². The molecule has 2 aromatic rings. The molecule has 6 heteroatoms. The van der Waals surface area contributed by atoms with E-state index in [2.05, 4.69) is 39.7 Å². The van der Waals surface area contributed by atoms with Crippen molar-refractivity contribution in [2.24, 2.45) is 0 Å². The van der Waals surface area contributed by atoms with Crippen LogP contribution in [0.25, 0.3) is 0 Å². The van der Waals surface area contributed by atoms with Gasteiger partial charge in [0.15, 0.2) is 5.78 Å². The van der Waals surface area contributed by atoms with Crippen molar-refractivity contribution in [2.45, 2.75) is 25.8 Å². The number of thiophene rings is 1. The molecule has 1 aliphatic heterocycles. The number of rotatable bonds is 8. The summed E-state index contributed by atoms with van der Waals surface area (Å²) in [5, 5.41) is 5.15. The van der Waals surface area contributed by atoms with E-state index in [4.69, 9.17) is 0 Å². The minimum absolute atomic E-state index is 0.0297. The number of hydrogen-bond donors (Lipinski definition) is 1. The van der Waals surface area contributed by atoms with Gasteiger partial charge >= 0.3 is 0 Å². The summed E-state index contributed by atoms with van der Waals surface area (Å²) in [7, 11) is 2.14. The Morgan fingerprint density at radius 3 is 2.50 bits per heavy atom. The van der Waals surface area contributed by atoms with Gasteiger partial charge in [0.25, 0.3) is 0 Å². The molecule has 28 heavy (non-hydrogen) atoms. The zero-order chi connectivity index (χ0) is 19.9. The number of nitrogens with zero attached hydrogens (tertiary/aromatic N) is 2. The van der Waals surface area contributed by atoms with E-state index in [1.165, 1.54) is 4.88 Å². The highest BCUT2D eigenvalue weighted by Crippen LogP contribution is 2.25. The Bertz CT molecular complexity index is 783. The molecule has 0 aliphatic carbocycles. The van der Waals surface area contributed by atoms with Gasteiger partial charge < -0.3 is 10.2 Å². The second-order valence-corrected chi connectivity index (χ2v) is 8.39. The summed E-state index contributed by atoms with van der Waals surface area (Å²) in [5.41, 5.74) is 1.67. The first-order valence-corrected chi connectivity index (χ1v) is 10.7. The van der Waals surface area contributed by atoms with Gasteiger partial charge in [-0.25, -0.2) is 0 Å². The quantitative estimate of drug-likeness (QED) is 0.693. The molecular weight excluding hydrogens is 370 g/mol. The van der Waals surface area contributed by atoms with Crippen LogP contribution in [-0.2, 0) is 4.79 Å². The Morgan fingerprint density at radius 2 is 1.82 bits per heavy atom. The molecule has 1 aromatic heterocycles. The van der Waals surface area contributed by atoms with Gasteiger partial charge in [0.2, 0.25) is 5.91 Å². The summed E-state index contributed by atoms with van der Waals surface area (Å²) < 4.78 is 0. The van der Waals surface area contributed by atoms with E-state index < -0.39 is 0 Å². The van der Waals surface area contributed by atoms with Crippen LogP contribution in [0, 0.1) is 6.92 Å². The number of amides is 1. The standard InChI is InChI=1S/C22H29N3O2S/c1-17-6-3-4-7-18(17)20(26)9-10-22(27)23-16-19(21-8-5-15-28-21)25-13-11-24(2)12-14-25/h3-8,15,19H,9-14,16H2,1-2H3,(H,23,27). The minimum atomic E-state index is -0.0578. The molecule has 1 fully saturated rings. The summed E-state index contributed by atoms with van der Waals surface area (Å²) in [6, 6.07) is 11.9. The monoisotopic (exact) mass is 399 g/mol. The molecule has 5 nitrogen and oxygen atoms in total. The second-order valence-electron chi connectivity index (χ2n) is 7.41. The lowest BCUT2D eigenvalue weighted by Gasteiger charge is -2.37. The molecule has 0 spiro atoms. The number of aryl methyl sites for hydroxylation is 1. The second kappa shape index (κ2) is 9.96. The number of carbonyl (C=O) groups excluding carboxylic acids is 2. The third-order valence-corrected chi connectivity index (χ3v) is 6.34. The molecule has 150 valence electrons. The van der Waals surface area contributed by atoms with Crippen LogP contribution in [0.5, 0.6) is 0 Å². The highest BCUT2D eigenvalue weighted by molar-refractivity contribution is 7.10. The van der Waals surface area contributed by atoms with E-state index in [1.54, 1.807) is 11.3 Å². The maximum absolute atomic E-state index is 12.4. The molecule has 1 aliphatic rings. The van der Waals surface area contributed by atoms with E-state index in [1.807, 2.05) is 31.2 Å². The molecule has 0 radical (unpaired) electrons. The molecule has 0 bridgehead atoms. The SMILES string of the molecule is Cc1ccccc1C(=O)CCC(=O)NCC(c1cccs1)N1CCN(C)CC1. The minimum Gasteiger partial charge on any atom is -0.354 e. The number of Topliss-reactive ketones (excluding diaryl/α,β-unsaturated/α-hetero) is 1. The van der Waals surface area contributed by atoms with Gasteiger partial charge in [-0.15, -0.1) is 11.3 Å². The van der Waals surface area contributed by atoms with E-state index in [9.17, 15) is 9.59 Å². The third kappa shape index (κ3) is 5.50. The summed E-state index contributed by atoms with van der Waals surface area (Å²) in [4.78, 5) is 30.8. The van der Waals surface area contributed by atoms with E-state index >= 15 is 0 Å². The number of carbonyl (C=O) groups is 2. The number of hydrogen-bond acceptors (Lipinski definition) is 5. The zero-order valence-electron chi connectivity index (χ0n) is 16.7. The van der Waals surface area contributed by atoms with E-state index in [0.717, 1.165) is 31.7 Å². The maximum Gasteiger partial charge on any atom is 0.220 e. The normalized spacial score (nSPS) is 16.6. The molecule has 1 amide bonds. The van der Waals surface area contributed by atoms with Crippen LogP contribution < -0.4 is 5.32 Å². The largest absolute Gasteiger partial charge is 0.354 e. The lowest BCUT2D eigenvalue weighted by molar-refractivity contribution is -0.121. The Kier molecular flexibility index (Phi) is 7.36. The van der Waals surface area contributed by atoms with Crippen molar-refractivity contribution < 1.29 is 9.59 Å². The molecule has 3 rings (SSSR count). The average Bonchev–Trinajstić information content (AvgIpc) is 3.22. The molecule has 1 aromatic carbocycles. The zero-order valence-corrected chi connectivity index (χ0v) is 17.5. The topological polar surface area (TPSA) is 52.7 Å². The lowest BCUT2D eigenvalue weighted by atomic mass is 10.0. The van der Waals surface area contributed by atoms with E-state index in [-0.39, 0.29) is 30.6 Å². The predicted molar refractivity (Wildman–Crippen MR) is 114 cm³/mol. The number of nitrogens with one attached hydrogen (secondary N) is 1. The van der Waals surface area contributed by atoms with Crippen molar-refractivity contribution in [3.8, 4) is 0 Å². The maximum atomic E-state index is 12.4. The van der Waals surface area contributed by atoms with Gasteiger partial charge in [-0.1, -0.05) is 30.3 Å². The molecule has 0 saturated carbocycles. The molecule has 1 unspecified atom stereocenters. The van der Waals surface area contributed by atoms with E-state index in [0.29, 0.717) is 12.1 Å². The van der Waals surface area contributed by atoms with Crippen molar-refractivity contribution in [3.05, 3.63) is 57.8 Å². The van der Waals surface area contributed by atoms with Crippen molar-refractivity contribution in [3.63, 3.8) is 0 Å². The Balaban J connectivity index is 1.52. The van der Waals surface area contributed by atoms with Gasteiger partial charge in [0.05, 0.1) is 6.04 Å². The lowest BCUT2D eigenvalue weighted by Crippen LogP contribution is -2.48. The molecule has 2 heterocycles. The summed E-state index contributed by atoms with van der Waals surface area (Å²) in [6.45, 7) is 6.60. The van der Waals surface area contributed by atoms with Gasteiger partial charge in [-0.3, -0.25) is 14.5 Å². The molecular formula is C22H29N3O2S. The fourth-order valence-electron chi connectivity index (χ4n) is 3.57. The fraction of sp³-hybridized carbons (Fsp3) is 0.455. The van der Waals surface area contributed by atoms with Crippen LogP contribution >= 0.6 is 11.3 Å². The summed E-state index contributed by atoms with van der Waals surface area (Å²) >= 11 is 1.73. The fourth-order valence-corrected chi connectivity index (χ4v) is 4.43. The summed E-state index contributed by atoms with van der Waals surface area (Å²) in [5.74, 6) is -0.0280. The van der Waals surface area contributed by atoms with Crippen LogP contribution in [0.2, 0.25) is 0 Å². The highest BCUT2D eigenvalue weighted by Gasteiger charge is 2.25. The first kappa shape index (κ1) is 20.7. The average molecular weight is 400 g/mol. The Labute approximate surface area is 171 Å². The third-order valence-electron chi connectivity index (χ3n) is 5.37. The summed E-state index contributed by atoms with van der Waals surface area (Å²) in [6.07, 6.45) is 0.474. The van der Waals surface area contributed by atoms with Crippen LogP contribution in [-0.4, -0.2) is 61.3 Å². The van der Waals surface area contributed by atoms with Crippen molar-refractivity contribution in [1.82, 2.24) is 15.1 Å². The first-order valence-electron chi connectivity index (χ1n) is 9.86.